The Morgan fingerprint density at radius 1 is 1.42 bits per heavy atom. The first-order valence-corrected chi connectivity index (χ1v) is 7.42. The fraction of sp³-hybridized carbons (Fsp3) is 0.733. The highest BCUT2D eigenvalue weighted by Gasteiger charge is 2.30. The van der Waals surface area contributed by atoms with E-state index in [0.29, 0.717) is 12.0 Å². The van der Waals surface area contributed by atoms with E-state index in [1.807, 2.05) is 30.3 Å². The third-order valence-electron chi connectivity index (χ3n) is 3.95. The van der Waals surface area contributed by atoms with Gasteiger partial charge in [0.15, 0.2) is 0 Å². The first-order valence-electron chi connectivity index (χ1n) is 7.42. The SMILES string of the molecule is CC(C)CCN(C(=O)n1cc[n+](C)c1)C1CCCC1. The van der Waals surface area contributed by atoms with Gasteiger partial charge in [-0.15, -0.1) is 0 Å². The molecule has 0 bridgehead atoms. The maximum atomic E-state index is 12.6. The van der Waals surface area contributed by atoms with Crippen molar-refractivity contribution in [2.24, 2.45) is 13.0 Å². The number of carbonyl (C=O) groups is 1. The third-order valence-corrected chi connectivity index (χ3v) is 3.95. The monoisotopic (exact) mass is 264 g/mol. The Hall–Kier alpha value is -1.32. The largest absolute Gasteiger partial charge is 0.416 e. The van der Waals surface area contributed by atoms with Crippen molar-refractivity contribution < 1.29 is 9.36 Å². The van der Waals surface area contributed by atoms with Crippen molar-refractivity contribution in [1.82, 2.24) is 9.47 Å². The van der Waals surface area contributed by atoms with Gasteiger partial charge in [-0.3, -0.25) is 0 Å². The Bertz CT molecular complexity index is 419. The first kappa shape index (κ1) is 14.1. The van der Waals surface area contributed by atoms with Crippen LogP contribution in [-0.2, 0) is 7.05 Å². The maximum Gasteiger partial charge on any atom is 0.416 e. The molecule has 4 heteroatoms. The molecule has 0 spiro atoms. The van der Waals surface area contributed by atoms with Crippen LogP contribution in [0.3, 0.4) is 0 Å². The van der Waals surface area contributed by atoms with Gasteiger partial charge in [0.05, 0.1) is 7.05 Å². The predicted molar refractivity (Wildman–Crippen MR) is 74.8 cm³/mol. The molecule has 0 aromatic carbocycles. The van der Waals surface area contributed by atoms with Crippen molar-refractivity contribution in [3.05, 3.63) is 18.7 Å². The van der Waals surface area contributed by atoms with Crippen LogP contribution in [0.4, 0.5) is 4.79 Å². The van der Waals surface area contributed by atoms with E-state index in [0.717, 1.165) is 25.8 Å². The van der Waals surface area contributed by atoms with E-state index < -0.39 is 0 Å². The van der Waals surface area contributed by atoms with Crippen LogP contribution in [0.5, 0.6) is 0 Å². The van der Waals surface area contributed by atoms with Crippen LogP contribution in [0.1, 0.15) is 46.0 Å². The highest BCUT2D eigenvalue weighted by Crippen LogP contribution is 2.24. The van der Waals surface area contributed by atoms with Crippen LogP contribution >= 0.6 is 0 Å². The summed E-state index contributed by atoms with van der Waals surface area (Å²) in [5.41, 5.74) is 0. The lowest BCUT2D eigenvalue weighted by Crippen LogP contribution is -2.42. The number of aromatic nitrogens is 2. The minimum Gasteiger partial charge on any atom is -0.301 e. The summed E-state index contributed by atoms with van der Waals surface area (Å²) in [6.07, 6.45) is 11.5. The maximum absolute atomic E-state index is 12.6. The smallest absolute Gasteiger partial charge is 0.301 e. The number of aryl methyl sites for hydroxylation is 1. The number of hydrogen-bond acceptors (Lipinski definition) is 1. The van der Waals surface area contributed by atoms with Crippen molar-refractivity contribution in [3.63, 3.8) is 0 Å². The second-order valence-electron chi connectivity index (χ2n) is 6.08. The van der Waals surface area contributed by atoms with Gasteiger partial charge in [-0.1, -0.05) is 26.7 Å². The van der Waals surface area contributed by atoms with Crippen LogP contribution in [0, 0.1) is 5.92 Å². The van der Waals surface area contributed by atoms with Gasteiger partial charge in [0.25, 0.3) is 6.33 Å². The molecule has 0 unspecified atom stereocenters. The summed E-state index contributed by atoms with van der Waals surface area (Å²) >= 11 is 0. The Labute approximate surface area is 116 Å². The summed E-state index contributed by atoms with van der Waals surface area (Å²) in [4.78, 5) is 14.7. The number of rotatable bonds is 4. The molecule has 106 valence electrons. The molecule has 1 amide bonds. The average Bonchev–Trinajstić information content (AvgIpc) is 3.00. The standard InChI is InChI=1S/C15H26N3O/c1-13(2)8-9-18(14-6-4-5-7-14)15(19)17-11-10-16(3)12-17/h10-14H,4-9H2,1-3H3/q+1. The van der Waals surface area contributed by atoms with Gasteiger partial charge >= 0.3 is 6.03 Å². The lowest BCUT2D eigenvalue weighted by molar-refractivity contribution is -0.670. The molecular weight excluding hydrogens is 238 g/mol. The van der Waals surface area contributed by atoms with Crippen molar-refractivity contribution in [3.8, 4) is 0 Å². The zero-order valence-electron chi connectivity index (χ0n) is 12.4. The van der Waals surface area contributed by atoms with Gasteiger partial charge in [0.1, 0.15) is 12.4 Å². The van der Waals surface area contributed by atoms with Crippen LogP contribution in [0.25, 0.3) is 0 Å². The lowest BCUT2D eigenvalue weighted by Gasteiger charge is -2.27. The molecule has 1 heterocycles. The average molecular weight is 264 g/mol. The van der Waals surface area contributed by atoms with Crippen LogP contribution < -0.4 is 4.57 Å². The van der Waals surface area contributed by atoms with Gasteiger partial charge < -0.3 is 4.90 Å². The number of imidazole rings is 1. The van der Waals surface area contributed by atoms with Gasteiger partial charge in [0, 0.05) is 12.6 Å². The van der Waals surface area contributed by atoms with Gasteiger partial charge in [-0.25, -0.2) is 9.36 Å². The highest BCUT2D eigenvalue weighted by molar-refractivity contribution is 5.76. The molecule has 4 nitrogen and oxygen atoms in total. The van der Waals surface area contributed by atoms with Crippen molar-refractivity contribution >= 4 is 6.03 Å². The first-order chi connectivity index (χ1) is 9.08. The zero-order valence-corrected chi connectivity index (χ0v) is 12.4. The third kappa shape index (κ3) is 3.58. The number of amides is 1. The lowest BCUT2D eigenvalue weighted by atomic mass is 10.1. The van der Waals surface area contributed by atoms with E-state index in [9.17, 15) is 4.79 Å². The van der Waals surface area contributed by atoms with Crippen molar-refractivity contribution in [2.45, 2.75) is 52.0 Å². The fourth-order valence-corrected chi connectivity index (χ4v) is 2.76. The molecule has 0 atom stereocenters. The van der Waals surface area contributed by atoms with Crippen LogP contribution in [0.2, 0.25) is 0 Å². The summed E-state index contributed by atoms with van der Waals surface area (Å²) in [7, 11) is 1.94. The van der Waals surface area contributed by atoms with Gasteiger partial charge in [-0.05, 0) is 25.2 Å². The minimum absolute atomic E-state index is 0.133. The Morgan fingerprint density at radius 3 is 2.63 bits per heavy atom. The molecule has 1 fully saturated rings. The molecule has 1 saturated carbocycles. The fourth-order valence-electron chi connectivity index (χ4n) is 2.76. The van der Waals surface area contributed by atoms with Gasteiger partial charge in [-0.2, -0.15) is 4.57 Å². The Morgan fingerprint density at radius 2 is 2.11 bits per heavy atom. The quantitative estimate of drug-likeness (QED) is 0.768. The Kier molecular flexibility index (Phi) is 4.61. The van der Waals surface area contributed by atoms with Gasteiger partial charge in [0.2, 0.25) is 0 Å². The van der Waals surface area contributed by atoms with Crippen molar-refractivity contribution in [2.75, 3.05) is 6.54 Å². The van der Waals surface area contributed by atoms with E-state index >= 15 is 0 Å². The molecule has 0 N–H and O–H groups in total. The van der Waals surface area contributed by atoms with E-state index in [1.165, 1.54) is 12.8 Å². The predicted octanol–water partition coefficient (Wildman–Crippen LogP) is 2.57. The molecule has 1 aliphatic rings. The summed E-state index contributed by atoms with van der Waals surface area (Å²) < 4.78 is 3.62. The molecule has 0 aliphatic heterocycles. The van der Waals surface area contributed by atoms with Crippen LogP contribution in [-0.4, -0.2) is 28.1 Å². The minimum atomic E-state index is 0.133. The molecule has 2 rings (SSSR count). The van der Waals surface area contributed by atoms with Crippen molar-refractivity contribution in [1.29, 1.82) is 0 Å². The number of hydrogen-bond donors (Lipinski definition) is 0. The molecule has 1 aliphatic carbocycles. The van der Waals surface area contributed by atoms with E-state index in [4.69, 9.17) is 0 Å². The molecule has 1 aromatic rings. The summed E-state index contributed by atoms with van der Waals surface area (Å²) in [5, 5.41) is 0. The number of nitrogens with zero attached hydrogens (tertiary/aromatic N) is 3. The normalized spacial score (nSPS) is 16.2. The highest BCUT2D eigenvalue weighted by atomic mass is 16.2. The summed E-state index contributed by atoms with van der Waals surface area (Å²) in [5.74, 6) is 0.637. The number of carbonyl (C=O) groups excluding carboxylic acids is 1. The molecule has 0 saturated heterocycles. The second kappa shape index (κ2) is 6.22. The molecular formula is C15H26N3O+. The molecule has 0 radical (unpaired) electrons. The van der Waals surface area contributed by atoms with E-state index in [-0.39, 0.29) is 6.03 Å². The second-order valence-corrected chi connectivity index (χ2v) is 6.08. The topological polar surface area (TPSA) is 29.1 Å². The van der Waals surface area contributed by atoms with E-state index in [1.54, 1.807) is 4.57 Å². The van der Waals surface area contributed by atoms with Crippen LogP contribution in [0.15, 0.2) is 18.7 Å². The van der Waals surface area contributed by atoms with E-state index in [2.05, 4.69) is 18.7 Å². The molecule has 19 heavy (non-hydrogen) atoms. The summed E-state index contributed by atoms with van der Waals surface area (Å²) in [6, 6.07) is 0.576. The Balaban J connectivity index is 2.09. The zero-order chi connectivity index (χ0) is 13.8. The summed E-state index contributed by atoms with van der Waals surface area (Å²) in [6.45, 7) is 5.31. The molecule has 1 aromatic heterocycles.